The van der Waals surface area contributed by atoms with Gasteiger partial charge in [-0.15, -0.1) is 0 Å². The molecular formula is C23H30ClN3O. The molecule has 4 saturated carbocycles. The third kappa shape index (κ3) is 2.50. The van der Waals surface area contributed by atoms with Crippen molar-refractivity contribution in [3.05, 3.63) is 28.8 Å². The topological polar surface area (TPSA) is 44.4 Å². The lowest BCUT2D eigenvalue weighted by Crippen LogP contribution is -2.43. The lowest BCUT2D eigenvalue weighted by atomic mass is 9.55. The van der Waals surface area contributed by atoms with E-state index in [1.54, 1.807) is 0 Å². The number of benzene rings is 1. The van der Waals surface area contributed by atoms with Crippen molar-refractivity contribution in [1.29, 1.82) is 0 Å². The number of carbonyl (C=O) groups excluding carboxylic acids is 1. The third-order valence-electron chi connectivity index (χ3n) is 8.89. The third-order valence-corrected chi connectivity index (χ3v) is 9.20. The monoisotopic (exact) mass is 399 g/mol. The molecule has 150 valence electrons. The fourth-order valence-corrected chi connectivity index (χ4v) is 8.18. The van der Waals surface area contributed by atoms with Crippen LogP contribution in [0.4, 0.5) is 5.69 Å². The van der Waals surface area contributed by atoms with Crippen LogP contribution in [0.5, 0.6) is 0 Å². The van der Waals surface area contributed by atoms with Crippen LogP contribution in [-0.4, -0.2) is 38.6 Å². The van der Waals surface area contributed by atoms with E-state index in [1.165, 1.54) is 38.5 Å². The van der Waals surface area contributed by atoms with Gasteiger partial charge in [-0.1, -0.05) is 11.6 Å². The number of piperazine rings is 1. The highest BCUT2D eigenvalue weighted by atomic mass is 35.5. The molecule has 1 aromatic rings. The second-order valence-corrected chi connectivity index (χ2v) is 10.7. The minimum Gasteiger partial charge on any atom is -0.369 e. The van der Waals surface area contributed by atoms with Crippen molar-refractivity contribution in [2.75, 3.05) is 37.6 Å². The fourth-order valence-electron chi connectivity index (χ4n) is 7.91. The first-order valence-electron chi connectivity index (χ1n) is 11.1. The molecule has 2 N–H and O–H groups in total. The van der Waals surface area contributed by atoms with Gasteiger partial charge in [0.1, 0.15) is 0 Å². The van der Waals surface area contributed by atoms with Gasteiger partial charge < -0.3 is 15.5 Å². The number of nitrogens with zero attached hydrogens (tertiary/aromatic N) is 1. The predicted molar refractivity (Wildman–Crippen MR) is 112 cm³/mol. The number of rotatable bonds is 4. The van der Waals surface area contributed by atoms with Crippen LogP contribution in [0.3, 0.4) is 0 Å². The van der Waals surface area contributed by atoms with Crippen LogP contribution in [0.15, 0.2) is 18.2 Å². The number of hydrogen-bond donors (Lipinski definition) is 2. The summed E-state index contributed by atoms with van der Waals surface area (Å²) in [5, 5.41) is 7.22. The molecule has 1 aromatic carbocycles. The van der Waals surface area contributed by atoms with E-state index >= 15 is 0 Å². The van der Waals surface area contributed by atoms with Gasteiger partial charge in [0.2, 0.25) is 0 Å². The summed E-state index contributed by atoms with van der Waals surface area (Å²) in [4.78, 5) is 15.2. The quantitative estimate of drug-likeness (QED) is 0.811. The number of fused-ring (bicyclic) bond motifs is 2. The van der Waals surface area contributed by atoms with E-state index in [2.05, 4.69) is 15.5 Å². The predicted octanol–water partition coefficient (Wildman–Crippen LogP) is 3.70. The average Bonchev–Trinajstić information content (AvgIpc) is 3.02. The number of amides is 1. The Balaban J connectivity index is 1.14. The van der Waals surface area contributed by atoms with Crippen LogP contribution in [0.25, 0.3) is 0 Å². The Hall–Kier alpha value is -1.26. The van der Waals surface area contributed by atoms with Crippen molar-refractivity contribution in [3.63, 3.8) is 0 Å². The molecule has 5 aliphatic rings. The van der Waals surface area contributed by atoms with Gasteiger partial charge in [-0.25, -0.2) is 0 Å². The number of halogens is 1. The van der Waals surface area contributed by atoms with Gasteiger partial charge in [-0.2, -0.15) is 0 Å². The minimum absolute atomic E-state index is 0.00236. The minimum atomic E-state index is -0.00236. The molecule has 1 saturated heterocycles. The molecule has 5 atom stereocenters. The highest BCUT2D eigenvalue weighted by molar-refractivity contribution is 6.34. The van der Waals surface area contributed by atoms with Gasteiger partial charge in [-0.05, 0) is 85.3 Å². The van der Waals surface area contributed by atoms with E-state index < -0.39 is 0 Å². The highest BCUT2D eigenvalue weighted by Crippen LogP contribution is 2.78. The molecule has 0 radical (unpaired) electrons. The number of anilines is 1. The molecule has 5 heteroatoms. The van der Waals surface area contributed by atoms with E-state index in [0.29, 0.717) is 21.4 Å². The van der Waals surface area contributed by atoms with E-state index in [9.17, 15) is 4.79 Å². The summed E-state index contributed by atoms with van der Waals surface area (Å²) in [5.74, 6) is 2.88. The molecule has 1 heterocycles. The normalized spacial score (nSPS) is 40.3. The van der Waals surface area contributed by atoms with E-state index in [1.807, 2.05) is 18.2 Å². The molecule has 28 heavy (non-hydrogen) atoms. The summed E-state index contributed by atoms with van der Waals surface area (Å²) in [5.41, 5.74) is 2.77. The Bertz CT molecular complexity index is 818. The maximum Gasteiger partial charge on any atom is 0.252 e. The van der Waals surface area contributed by atoms with Crippen LogP contribution in [0, 0.1) is 28.6 Å². The molecule has 1 spiro atoms. The molecule has 4 nitrogen and oxygen atoms in total. The van der Waals surface area contributed by atoms with Crippen LogP contribution < -0.4 is 15.5 Å². The molecule has 1 amide bonds. The van der Waals surface area contributed by atoms with Gasteiger partial charge in [-0.3, -0.25) is 4.79 Å². The number of hydrogen-bond acceptors (Lipinski definition) is 3. The Morgan fingerprint density at radius 1 is 1.18 bits per heavy atom. The van der Waals surface area contributed by atoms with Gasteiger partial charge in [0.05, 0.1) is 10.6 Å². The first kappa shape index (κ1) is 17.6. The number of nitrogens with one attached hydrogen (secondary N) is 2. The van der Waals surface area contributed by atoms with Gasteiger partial charge in [0, 0.05) is 38.4 Å². The van der Waals surface area contributed by atoms with E-state index in [0.717, 1.165) is 56.2 Å². The van der Waals surface area contributed by atoms with Crippen molar-refractivity contribution in [2.24, 2.45) is 28.6 Å². The summed E-state index contributed by atoms with van der Waals surface area (Å²) >= 11 is 6.52. The van der Waals surface area contributed by atoms with Crippen molar-refractivity contribution in [1.82, 2.24) is 10.6 Å². The second-order valence-electron chi connectivity index (χ2n) is 10.3. The molecule has 6 rings (SSSR count). The average molecular weight is 400 g/mol. The van der Waals surface area contributed by atoms with Crippen molar-refractivity contribution in [3.8, 4) is 0 Å². The van der Waals surface area contributed by atoms with Gasteiger partial charge in [0.15, 0.2) is 0 Å². The summed E-state index contributed by atoms with van der Waals surface area (Å²) in [6.07, 6.45) is 8.45. The zero-order valence-electron chi connectivity index (χ0n) is 16.5. The SMILES string of the molecule is O=C(NCC12CC3CC4CC(C1)C4(C3)C2)c1ccc(N2CCNCC2)cc1Cl. The maximum absolute atomic E-state index is 12.9. The zero-order valence-corrected chi connectivity index (χ0v) is 17.2. The fraction of sp³-hybridized carbons (Fsp3) is 0.696. The smallest absolute Gasteiger partial charge is 0.252 e. The lowest BCUT2D eigenvalue weighted by Gasteiger charge is -2.49. The Morgan fingerprint density at radius 2 is 2.04 bits per heavy atom. The zero-order chi connectivity index (χ0) is 18.9. The molecule has 5 fully saturated rings. The summed E-state index contributed by atoms with van der Waals surface area (Å²) < 4.78 is 0. The molecular weight excluding hydrogens is 370 g/mol. The Kier molecular flexibility index (Phi) is 3.84. The van der Waals surface area contributed by atoms with Crippen LogP contribution in [0.2, 0.25) is 5.02 Å². The van der Waals surface area contributed by atoms with Gasteiger partial charge >= 0.3 is 0 Å². The first-order valence-corrected chi connectivity index (χ1v) is 11.5. The van der Waals surface area contributed by atoms with Crippen LogP contribution in [-0.2, 0) is 0 Å². The summed E-state index contributed by atoms with van der Waals surface area (Å²) in [6, 6.07) is 5.91. The maximum atomic E-state index is 12.9. The van der Waals surface area contributed by atoms with Crippen LogP contribution in [0.1, 0.15) is 48.9 Å². The van der Waals surface area contributed by atoms with Gasteiger partial charge in [0.25, 0.3) is 5.91 Å². The standard InChI is InChI=1S/C23H30ClN3O/c24-20-9-18(27-5-3-25-4-6-27)1-2-19(20)21(28)26-14-22-10-15-7-16-8-17(12-22)23(16,11-15)13-22/h1-2,9,15-17,25H,3-8,10-14H2,(H,26,28). The molecule has 3 bridgehead atoms. The molecule has 5 unspecified atom stereocenters. The van der Waals surface area contributed by atoms with Crippen molar-refractivity contribution < 1.29 is 4.79 Å². The van der Waals surface area contributed by atoms with Crippen LogP contribution >= 0.6 is 11.6 Å². The second kappa shape index (κ2) is 6.12. The largest absolute Gasteiger partial charge is 0.369 e. The Labute approximate surface area is 172 Å². The first-order chi connectivity index (χ1) is 13.6. The summed E-state index contributed by atoms with van der Waals surface area (Å²) in [7, 11) is 0. The highest BCUT2D eigenvalue weighted by Gasteiger charge is 2.70. The van der Waals surface area contributed by atoms with E-state index in [4.69, 9.17) is 11.6 Å². The summed E-state index contributed by atoms with van der Waals surface area (Å²) in [6.45, 7) is 4.78. The van der Waals surface area contributed by atoms with Crippen molar-refractivity contribution in [2.45, 2.75) is 38.5 Å². The molecule has 0 aromatic heterocycles. The van der Waals surface area contributed by atoms with Crippen molar-refractivity contribution >= 4 is 23.2 Å². The van der Waals surface area contributed by atoms with E-state index in [-0.39, 0.29) is 5.91 Å². The molecule has 1 aliphatic heterocycles. The number of carbonyl (C=O) groups is 1. The lowest BCUT2D eigenvalue weighted by molar-refractivity contribution is -0.00253. The molecule has 4 aliphatic carbocycles. The Morgan fingerprint density at radius 3 is 2.86 bits per heavy atom.